The number of hydrogen-bond acceptors (Lipinski definition) is 4. The van der Waals surface area contributed by atoms with Gasteiger partial charge in [-0.3, -0.25) is 4.79 Å². The molecule has 2 heterocycles. The minimum absolute atomic E-state index is 0.138. The van der Waals surface area contributed by atoms with Crippen LogP contribution in [0.15, 0.2) is 60.7 Å². The number of aromatic nitrogens is 1. The van der Waals surface area contributed by atoms with Gasteiger partial charge in [0.2, 0.25) is 11.8 Å². The van der Waals surface area contributed by atoms with Crippen LogP contribution in [0.3, 0.4) is 0 Å². The first-order valence-corrected chi connectivity index (χ1v) is 10.3. The molecule has 0 radical (unpaired) electrons. The van der Waals surface area contributed by atoms with Crippen molar-refractivity contribution in [2.45, 2.75) is 32.4 Å². The highest BCUT2D eigenvalue weighted by molar-refractivity contribution is 5.78. The highest BCUT2D eigenvalue weighted by Crippen LogP contribution is 2.32. The number of carbonyl (C=O) groups is 1. The van der Waals surface area contributed by atoms with E-state index < -0.39 is 0 Å². The third-order valence-corrected chi connectivity index (χ3v) is 5.62. The number of ether oxygens (including phenoxy) is 1. The summed E-state index contributed by atoms with van der Waals surface area (Å²) in [6.45, 7) is 3.53. The molecule has 3 aromatic rings. The number of benzene rings is 2. The summed E-state index contributed by atoms with van der Waals surface area (Å²) in [5, 5.41) is 6.38. The fourth-order valence-corrected chi connectivity index (χ4v) is 3.99. The third kappa shape index (κ3) is 4.36. The van der Waals surface area contributed by atoms with Gasteiger partial charge in [-0.25, -0.2) is 4.98 Å². The van der Waals surface area contributed by atoms with E-state index in [4.69, 9.17) is 9.72 Å². The van der Waals surface area contributed by atoms with Crippen LogP contribution in [0.1, 0.15) is 24.0 Å². The summed E-state index contributed by atoms with van der Waals surface area (Å²) < 4.78 is 5.58. The van der Waals surface area contributed by atoms with Crippen LogP contribution in [0, 0.1) is 6.92 Å². The van der Waals surface area contributed by atoms with Gasteiger partial charge in [-0.2, -0.15) is 0 Å². The van der Waals surface area contributed by atoms with Gasteiger partial charge in [0.25, 0.3) is 0 Å². The first-order valence-electron chi connectivity index (χ1n) is 10.3. The van der Waals surface area contributed by atoms with Crippen molar-refractivity contribution in [3.8, 4) is 28.3 Å². The summed E-state index contributed by atoms with van der Waals surface area (Å²) in [7, 11) is 1.65. The fraction of sp³-hybridized carbons (Fsp3) is 0.280. The normalized spacial score (nSPS) is 15.8. The number of amides is 1. The second-order valence-corrected chi connectivity index (χ2v) is 7.64. The van der Waals surface area contributed by atoms with E-state index in [0.29, 0.717) is 18.8 Å². The van der Waals surface area contributed by atoms with E-state index in [0.717, 1.165) is 29.8 Å². The Hall–Kier alpha value is -3.18. The Morgan fingerprint density at radius 2 is 1.87 bits per heavy atom. The van der Waals surface area contributed by atoms with Crippen molar-refractivity contribution in [3.05, 3.63) is 71.8 Å². The van der Waals surface area contributed by atoms with Crippen molar-refractivity contribution in [3.63, 3.8) is 0 Å². The molecule has 154 valence electrons. The minimum Gasteiger partial charge on any atom is -0.481 e. The lowest BCUT2D eigenvalue weighted by Crippen LogP contribution is -2.35. The average molecular weight is 402 g/mol. The van der Waals surface area contributed by atoms with E-state index >= 15 is 0 Å². The number of carbonyl (C=O) groups excluding carboxylic acids is 1. The second kappa shape index (κ2) is 9.09. The van der Waals surface area contributed by atoms with Crippen LogP contribution in [0.4, 0.5) is 0 Å². The molecule has 1 saturated heterocycles. The smallest absolute Gasteiger partial charge is 0.220 e. The lowest BCUT2D eigenvalue weighted by atomic mass is 9.94. The number of pyridine rings is 1. The van der Waals surface area contributed by atoms with Crippen LogP contribution < -0.4 is 15.4 Å². The van der Waals surface area contributed by atoms with Gasteiger partial charge in [0.05, 0.1) is 12.8 Å². The van der Waals surface area contributed by atoms with Crippen molar-refractivity contribution in [1.29, 1.82) is 0 Å². The van der Waals surface area contributed by atoms with Crippen molar-refractivity contribution in [1.82, 2.24) is 15.6 Å². The molecule has 4 rings (SSSR count). The Labute approximate surface area is 177 Å². The molecule has 1 amide bonds. The monoisotopic (exact) mass is 401 g/mol. The molecule has 0 spiro atoms. The van der Waals surface area contributed by atoms with E-state index in [1.165, 1.54) is 16.7 Å². The molecule has 1 aliphatic heterocycles. The van der Waals surface area contributed by atoms with Crippen LogP contribution in [0.25, 0.3) is 22.4 Å². The molecule has 0 saturated carbocycles. The zero-order chi connectivity index (χ0) is 20.9. The van der Waals surface area contributed by atoms with Gasteiger partial charge < -0.3 is 15.4 Å². The molecule has 1 aliphatic rings. The molecule has 0 unspecified atom stereocenters. The Bertz CT molecular complexity index is 1030. The van der Waals surface area contributed by atoms with Gasteiger partial charge in [-0.1, -0.05) is 54.6 Å². The van der Waals surface area contributed by atoms with Crippen molar-refractivity contribution in [2.75, 3.05) is 13.7 Å². The van der Waals surface area contributed by atoms with Gasteiger partial charge in [0.1, 0.15) is 0 Å². The zero-order valence-electron chi connectivity index (χ0n) is 17.4. The van der Waals surface area contributed by atoms with Crippen LogP contribution in [-0.2, 0) is 11.3 Å². The lowest BCUT2D eigenvalue weighted by molar-refractivity contribution is -0.119. The number of hydrogen-bond donors (Lipinski definition) is 2. The molecule has 1 fully saturated rings. The molecule has 5 heteroatoms. The van der Waals surface area contributed by atoms with Gasteiger partial charge in [-0.05, 0) is 36.1 Å². The maximum Gasteiger partial charge on any atom is 0.220 e. The molecule has 30 heavy (non-hydrogen) atoms. The van der Waals surface area contributed by atoms with Crippen molar-refractivity contribution < 1.29 is 9.53 Å². The van der Waals surface area contributed by atoms with E-state index in [2.05, 4.69) is 66.1 Å². The molecule has 0 aliphatic carbocycles. The molecule has 0 bridgehead atoms. The Morgan fingerprint density at radius 1 is 1.07 bits per heavy atom. The first-order chi connectivity index (χ1) is 14.7. The Kier molecular flexibility index (Phi) is 6.10. The fourth-order valence-electron chi connectivity index (χ4n) is 3.99. The summed E-state index contributed by atoms with van der Waals surface area (Å²) in [6.07, 6.45) is 1.50. The number of nitrogens with one attached hydrogen (secondary N) is 2. The zero-order valence-corrected chi connectivity index (χ0v) is 17.4. The quantitative estimate of drug-likeness (QED) is 0.626. The first kappa shape index (κ1) is 20.1. The molecular weight excluding hydrogens is 374 g/mol. The second-order valence-electron chi connectivity index (χ2n) is 7.64. The molecule has 1 atom stereocenters. The third-order valence-electron chi connectivity index (χ3n) is 5.62. The van der Waals surface area contributed by atoms with Crippen LogP contribution in [0.2, 0.25) is 0 Å². The predicted octanol–water partition coefficient (Wildman–Crippen LogP) is 4.10. The summed E-state index contributed by atoms with van der Waals surface area (Å²) in [5.74, 6) is 0.762. The molecular formula is C25H27N3O2. The minimum atomic E-state index is 0.138. The average Bonchev–Trinajstić information content (AvgIpc) is 3.19. The largest absolute Gasteiger partial charge is 0.481 e. The maximum absolute atomic E-state index is 11.3. The van der Waals surface area contributed by atoms with E-state index in [-0.39, 0.29) is 11.9 Å². The van der Waals surface area contributed by atoms with Crippen LogP contribution in [0.5, 0.6) is 5.88 Å². The van der Waals surface area contributed by atoms with Gasteiger partial charge in [0, 0.05) is 36.7 Å². The Balaban J connectivity index is 1.53. The molecule has 2 N–H and O–H groups in total. The number of methoxy groups -OCH3 is 1. The standard InChI is InChI=1S/C25H27N3O2/c1-17-21(18-7-4-3-5-8-18)9-6-10-22(17)23-13-11-19(25(28-23)30-2)15-26-16-20-12-14-24(29)27-20/h3-11,13,20,26H,12,14-16H2,1-2H3,(H,27,29)/t20-/m0/s1. The summed E-state index contributed by atoms with van der Waals surface area (Å²) >= 11 is 0. The highest BCUT2D eigenvalue weighted by atomic mass is 16.5. The lowest BCUT2D eigenvalue weighted by Gasteiger charge is -2.15. The summed E-state index contributed by atoms with van der Waals surface area (Å²) in [4.78, 5) is 16.1. The van der Waals surface area contributed by atoms with Crippen LogP contribution >= 0.6 is 0 Å². The van der Waals surface area contributed by atoms with E-state index in [1.54, 1.807) is 7.11 Å². The summed E-state index contributed by atoms with van der Waals surface area (Å²) in [6, 6.07) is 21.0. The number of nitrogens with zero attached hydrogens (tertiary/aromatic N) is 1. The Morgan fingerprint density at radius 3 is 2.60 bits per heavy atom. The summed E-state index contributed by atoms with van der Waals surface area (Å²) in [5.41, 5.74) is 6.60. The van der Waals surface area contributed by atoms with Gasteiger partial charge >= 0.3 is 0 Å². The number of rotatable bonds is 7. The molecule has 2 aromatic carbocycles. The van der Waals surface area contributed by atoms with Crippen molar-refractivity contribution in [2.24, 2.45) is 0 Å². The van der Waals surface area contributed by atoms with Crippen LogP contribution in [-0.4, -0.2) is 30.6 Å². The van der Waals surface area contributed by atoms with E-state index in [1.807, 2.05) is 12.1 Å². The van der Waals surface area contributed by atoms with Crippen molar-refractivity contribution >= 4 is 5.91 Å². The van der Waals surface area contributed by atoms with Gasteiger partial charge in [-0.15, -0.1) is 0 Å². The predicted molar refractivity (Wildman–Crippen MR) is 119 cm³/mol. The van der Waals surface area contributed by atoms with E-state index in [9.17, 15) is 4.79 Å². The maximum atomic E-state index is 11.3. The van der Waals surface area contributed by atoms with Gasteiger partial charge in [0.15, 0.2) is 0 Å². The highest BCUT2D eigenvalue weighted by Gasteiger charge is 2.20. The molecule has 1 aromatic heterocycles. The topological polar surface area (TPSA) is 63.2 Å². The SMILES string of the molecule is COc1nc(-c2cccc(-c3ccccc3)c2C)ccc1CNC[C@@H]1CCC(=O)N1. The molecule has 5 nitrogen and oxygen atoms in total.